The summed E-state index contributed by atoms with van der Waals surface area (Å²) in [6.07, 6.45) is 5.05. The molecule has 0 spiro atoms. The van der Waals surface area contributed by atoms with E-state index in [1.54, 1.807) is 0 Å². The minimum atomic E-state index is 0.234. The van der Waals surface area contributed by atoms with Crippen molar-refractivity contribution in [1.82, 2.24) is 24.3 Å². The molecule has 1 fully saturated rings. The van der Waals surface area contributed by atoms with Gasteiger partial charge in [0, 0.05) is 23.6 Å². The van der Waals surface area contributed by atoms with Crippen molar-refractivity contribution in [1.29, 1.82) is 0 Å². The van der Waals surface area contributed by atoms with Crippen LogP contribution in [-0.4, -0.2) is 37.0 Å². The molecule has 5 rings (SSSR count). The Morgan fingerprint density at radius 1 is 1.36 bits per heavy atom. The lowest BCUT2D eigenvalue weighted by Gasteiger charge is -2.09. The fourth-order valence-corrected chi connectivity index (χ4v) is 3.87. The van der Waals surface area contributed by atoms with Crippen molar-refractivity contribution in [2.24, 2.45) is 0 Å². The molecule has 1 aromatic carbocycles. The summed E-state index contributed by atoms with van der Waals surface area (Å²) in [4.78, 5) is 9.30. The van der Waals surface area contributed by atoms with Crippen molar-refractivity contribution < 1.29 is 4.74 Å². The van der Waals surface area contributed by atoms with Gasteiger partial charge in [-0.3, -0.25) is 0 Å². The van der Waals surface area contributed by atoms with Gasteiger partial charge in [0.1, 0.15) is 0 Å². The maximum absolute atomic E-state index is 6.27. The number of halogens is 1. The van der Waals surface area contributed by atoms with Crippen molar-refractivity contribution in [2.45, 2.75) is 38.8 Å². The molecule has 0 N–H and O–H groups in total. The number of hydrogen-bond acceptors (Lipinski definition) is 4. The third-order valence-electron chi connectivity index (χ3n) is 4.98. The monoisotopic (exact) mass is 355 g/mol. The standard InChI is InChI=1S/C18H18ClN5O/c1-11-16-9-24-18(21-17(22-24)8-13-3-2-6-25-13)14-7-12(19)4-5-15(14)23(16)10-20-11/h4-5,7,10,13H,2-3,6,8-9H2,1H3. The van der Waals surface area contributed by atoms with E-state index in [0.29, 0.717) is 11.6 Å². The van der Waals surface area contributed by atoms with Crippen LogP contribution in [0, 0.1) is 6.92 Å². The highest BCUT2D eigenvalue weighted by Gasteiger charge is 2.25. The van der Waals surface area contributed by atoms with Crippen LogP contribution in [-0.2, 0) is 17.7 Å². The minimum Gasteiger partial charge on any atom is -0.378 e. The summed E-state index contributed by atoms with van der Waals surface area (Å²) >= 11 is 6.27. The lowest BCUT2D eigenvalue weighted by atomic mass is 10.1. The van der Waals surface area contributed by atoms with Crippen molar-refractivity contribution >= 4 is 11.6 Å². The Bertz CT molecular complexity index is 955. The first-order valence-corrected chi connectivity index (χ1v) is 8.95. The summed E-state index contributed by atoms with van der Waals surface area (Å²) in [5.74, 6) is 1.69. The van der Waals surface area contributed by atoms with E-state index in [0.717, 1.165) is 60.2 Å². The molecule has 4 heterocycles. The zero-order valence-corrected chi connectivity index (χ0v) is 14.7. The largest absolute Gasteiger partial charge is 0.378 e. The van der Waals surface area contributed by atoms with Gasteiger partial charge in [0.05, 0.1) is 36.1 Å². The second kappa shape index (κ2) is 5.68. The minimum absolute atomic E-state index is 0.234. The number of imidazole rings is 1. The molecule has 3 aromatic rings. The third-order valence-corrected chi connectivity index (χ3v) is 5.22. The van der Waals surface area contributed by atoms with E-state index >= 15 is 0 Å². The molecule has 6 nitrogen and oxygen atoms in total. The van der Waals surface area contributed by atoms with Crippen LogP contribution in [0.2, 0.25) is 5.02 Å². The average molecular weight is 356 g/mol. The maximum Gasteiger partial charge on any atom is 0.160 e. The van der Waals surface area contributed by atoms with E-state index in [4.69, 9.17) is 26.4 Å². The zero-order chi connectivity index (χ0) is 17.0. The fraction of sp³-hybridized carbons (Fsp3) is 0.389. The lowest BCUT2D eigenvalue weighted by molar-refractivity contribution is 0.110. The van der Waals surface area contributed by atoms with E-state index in [1.165, 1.54) is 0 Å². The quantitative estimate of drug-likeness (QED) is 0.554. The van der Waals surface area contributed by atoms with Gasteiger partial charge in [-0.2, -0.15) is 5.10 Å². The molecule has 0 bridgehead atoms. The van der Waals surface area contributed by atoms with Gasteiger partial charge in [-0.15, -0.1) is 0 Å². The number of hydrogen-bond donors (Lipinski definition) is 0. The smallest absolute Gasteiger partial charge is 0.160 e. The van der Waals surface area contributed by atoms with Gasteiger partial charge in [-0.1, -0.05) is 11.6 Å². The molecule has 2 aliphatic rings. The van der Waals surface area contributed by atoms with Crippen LogP contribution in [0.5, 0.6) is 0 Å². The van der Waals surface area contributed by atoms with Crippen LogP contribution < -0.4 is 0 Å². The Hall–Kier alpha value is -2.18. The van der Waals surface area contributed by atoms with Crippen LogP contribution in [0.3, 0.4) is 0 Å². The van der Waals surface area contributed by atoms with Crippen molar-refractivity contribution in [3.05, 3.63) is 46.8 Å². The van der Waals surface area contributed by atoms with Gasteiger partial charge in [-0.25, -0.2) is 14.6 Å². The van der Waals surface area contributed by atoms with E-state index in [2.05, 4.69) is 9.55 Å². The number of rotatable bonds is 2. The van der Waals surface area contributed by atoms with E-state index < -0.39 is 0 Å². The lowest BCUT2D eigenvalue weighted by Crippen LogP contribution is -2.11. The maximum atomic E-state index is 6.27. The molecule has 0 aliphatic carbocycles. The highest BCUT2D eigenvalue weighted by Crippen LogP contribution is 2.33. The summed E-state index contributed by atoms with van der Waals surface area (Å²) in [5, 5.41) is 5.45. The fourth-order valence-electron chi connectivity index (χ4n) is 3.69. The first kappa shape index (κ1) is 15.1. The predicted octanol–water partition coefficient (Wildman–Crippen LogP) is 3.18. The molecule has 0 saturated carbocycles. The van der Waals surface area contributed by atoms with Gasteiger partial charge >= 0.3 is 0 Å². The van der Waals surface area contributed by atoms with Gasteiger partial charge in [-0.05, 0) is 38.0 Å². The SMILES string of the molecule is Cc1ncn2c1Cn1nc(CC3CCCO3)nc1-c1cc(Cl)ccc1-2. The molecule has 1 unspecified atom stereocenters. The Morgan fingerprint density at radius 3 is 3.12 bits per heavy atom. The summed E-state index contributed by atoms with van der Waals surface area (Å²) < 4.78 is 9.81. The van der Waals surface area contributed by atoms with Gasteiger partial charge in [0.2, 0.25) is 0 Å². The summed E-state index contributed by atoms with van der Waals surface area (Å²) in [6.45, 7) is 3.51. The van der Waals surface area contributed by atoms with Crippen LogP contribution >= 0.6 is 11.6 Å². The van der Waals surface area contributed by atoms with Gasteiger partial charge in [0.25, 0.3) is 0 Å². The molecular weight excluding hydrogens is 338 g/mol. The Labute approximate surface area is 150 Å². The van der Waals surface area contributed by atoms with Gasteiger partial charge < -0.3 is 9.30 Å². The second-order valence-electron chi connectivity index (χ2n) is 6.66. The Kier molecular flexibility index (Phi) is 3.43. The highest BCUT2D eigenvalue weighted by molar-refractivity contribution is 6.31. The third kappa shape index (κ3) is 2.48. The van der Waals surface area contributed by atoms with E-state index in [-0.39, 0.29) is 6.10 Å². The molecule has 128 valence electrons. The van der Waals surface area contributed by atoms with Gasteiger partial charge in [0.15, 0.2) is 11.6 Å². The number of benzene rings is 1. The molecule has 1 saturated heterocycles. The molecule has 2 aromatic heterocycles. The first-order chi connectivity index (χ1) is 12.2. The van der Waals surface area contributed by atoms with E-state index in [9.17, 15) is 0 Å². The Balaban J connectivity index is 1.65. The highest BCUT2D eigenvalue weighted by atomic mass is 35.5. The van der Waals surface area contributed by atoms with Crippen molar-refractivity contribution in [3.8, 4) is 17.1 Å². The van der Waals surface area contributed by atoms with Crippen LogP contribution in [0.15, 0.2) is 24.5 Å². The number of fused-ring (bicyclic) bond motifs is 5. The molecule has 0 radical (unpaired) electrons. The van der Waals surface area contributed by atoms with Crippen molar-refractivity contribution in [2.75, 3.05) is 6.61 Å². The first-order valence-electron chi connectivity index (χ1n) is 8.57. The zero-order valence-electron chi connectivity index (χ0n) is 13.9. The van der Waals surface area contributed by atoms with Crippen LogP contribution in [0.25, 0.3) is 17.1 Å². The number of ether oxygens (including phenoxy) is 1. The van der Waals surface area contributed by atoms with Crippen LogP contribution in [0.4, 0.5) is 0 Å². The van der Waals surface area contributed by atoms with Crippen molar-refractivity contribution in [3.63, 3.8) is 0 Å². The molecule has 7 heteroatoms. The van der Waals surface area contributed by atoms with E-state index in [1.807, 2.05) is 36.1 Å². The molecule has 1 atom stereocenters. The predicted molar refractivity (Wildman–Crippen MR) is 94.1 cm³/mol. The Morgan fingerprint density at radius 2 is 2.28 bits per heavy atom. The molecular formula is C18H18ClN5O. The molecule has 2 aliphatic heterocycles. The normalized spacial score (nSPS) is 18.6. The molecule has 0 amide bonds. The number of nitrogens with zero attached hydrogens (tertiary/aromatic N) is 5. The summed E-state index contributed by atoms with van der Waals surface area (Å²) in [5.41, 5.74) is 4.14. The number of aryl methyl sites for hydroxylation is 1. The average Bonchev–Trinajstić information content (AvgIpc) is 3.30. The second-order valence-corrected chi connectivity index (χ2v) is 7.09. The summed E-state index contributed by atoms with van der Waals surface area (Å²) in [6, 6.07) is 5.88. The topological polar surface area (TPSA) is 57.8 Å². The number of aromatic nitrogens is 5. The molecule has 25 heavy (non-hydrogen) atoms. The van der Waals surface area contributed by atoms with Crippen LogP contribution in [0.1, 0.15) is 30.1 Å². The summed E-state index contributed by atoms with van der Waals surface area (Å²) in [7, 11) is 0.